The van der Waals surface area contributed by atoms with Crippen LogP contribution in [0.25, 0.3) is 0 Å². The Balaban J connectivity index is 2.82. The Morgan fingerprint density at radius 1 is 1.20 bits per heavy atom. The Bertz CT molecular complexity index is 505. The van der Waals surface area contributed by atoms with Gasteiger partial charge in [-0.05, 0) is 32.1 Å². The van der Waals surface area contributed by atoms with Gasteiger partial charge >= 0.3 is 12.1 Å². The lowest BCUT2D eigenvalue weighted by Gasteiger charge is -2.10. The van der Waals surface area contributed by atoms with E-state index in [0.29, 0.717) is 12.2 Å². The highest BCUT2D eigenvalue weighted by Crippen LogP contribution is 2.20. The van der Waals surface area contributed by atoms with Gasteiger partial charge in [0.1, 0.15) is 17.1 Å². The molecule has 0 fully saturated rings. The summed E-state index contributed by atoms with van der Waals surface area (Å²) in [5.74, 6) is 0.0729. The quantitative estimate of drug-likeness (QED) is 0.467. The molecule has 5 heteroatoms. The molecule has 0 radical (unpaired) electrons. The first-order valence-electron chi connectivity index (χ1n) is 6.43. The smallest absolute Gasteiger partial charge is 0.462 e. The fraction of sp³-hybridized carbons (Fsp3) is 0.333. The van der Waals surface area contributed by atoms with Crippen molar-refractivity contribution in [2.24, 2.45) is 0 Å². The van der Waals surface area contributed by atoms with Crippen molar-refractivity contribution >= 4 is 12.1 Å². The SMILES string of the molecule is CC=C(CC)OC(=O)Oc1ccccc1C(=O)OCC. The van der Waals surface area contributed by atoms with E-state index < -0.39 is 12.1 Å². The number of para-hydroxylation sites is 1. The van der Waals surface area contributed by atoms with E-state index in [1.807, 2.05) is 6.92 Å². The first kappa shape index (κ1) is 15.8. The van der Waals surface area contributed by atoms with E-state index in [2.05, 4.69) is 0 Å². The minimum Gasteiger partial charge on any atom is -0.462 e. The molecule has 0 saturated heterocycles. The van der Waals surface area contributed by atoms with Gasteiger partial charge in [0.15, 0.2) is 0 Å². The maximum absolute atomic E-state index is 11.7. The van der Waals surface area contributed by atoms with Gasteiger partial charge in [0.2, 0.25) is 0 Å². The second kappa shape index (κ2) is 7.99. The van der Waals surface area contributed by atoms with Crippen molar-refractivity contribution in [1.82, 2.24) is 0 Å². The van der Waals surface area contributed by atoms with E-state index in [1.165, 1.54) is 12.1 Å². The van der Waals surface area contributed by atoms with Crippen molar-refractivity contribution in [2.45, 2.75) is 27.2 Å². The number of hydrogen-bond donors (Lipinski definition) is 0. The number of carbonyl (C=O) groups is 2. The molecule has 1 aromatic carbocycles. The fourth-order valence-corrected chi connectivity index (χ4v) is 1.49. The van der Waals surface area contributed by atoms with Gasteiger partial charge < -0.3 is 14.2 Å². The van der Waals surface area contributed by atoms with E-state index in [-0.39, 0.29) is 17.9 Å². The summed E-state index contributed by atoms with van der Waals surface area (Å²) in [6.45, 7) is 5.57. The normalized spacial score (nSPS) is 10.8. The third kappa shape index (κ3) is 4.42. The van der Waals surface area contributed by atoms with E-state index in [4.69, 9.17) is 14.2 Å². The highest BCUT2D eigenvalue weighted by atomic mass is 16.7. The summed E-state index contributed by atoms with van der Waals surface area (Å²) in [7, 11) is 0. The molecule has 0 aliphatic heterocycles. The van der Waals surface area contributed by atoms with Gasteiger partial charge in [-0.25, -0.2) is 9.59 Å². The van der Waals surface area contributed by atoms with Crippen LogP contribution in [-0.4, -0.2) is 18.7 Å². The fourth-order valence-electron chi connectivity index (χ4n) is 1.49. The van der Waals surface area contributed by atoms with Crippen LogP contribution in [0, 0.1) is 0 Å². The number of hydrogen-bond acceptors (Lipinski definition) is 5. The second-order valence-corrected chi connectivity index (χ2v) is 3.78. The maximum Gasteiger partial charge on any atom is 0.519 e. The van der Waals surface area contributed by atoms with Crippen molar-refractivity contribution in [2.75, 3.05) is 6.61 Å². The lowest BCUT2D eigenvalue weighted by Crippen LogP contribution is -2.14. The van der Waals surface area contributed by atoms with Crippen LogP contribution in [0.1, 0.15) is 37.6 Å². The van der Waals surface area contributed by atoms with Crippen LogP contribution < -0.4 is 4.74 Å². The highest BCUT2D eigenvalue weighted by molar-refractivity contribution is 5.93. The van der Waals surface area contributed by atoms with E-state index in [0.717, 1.165) is 0 Å². The second-order valence-electron chi connectivity index (χ2n) is 3.78. The standard InChI is InChI=1S/C15H18O5/c1-4-11(5-2)19-15(17)20-13-10-8-7-9-12(13)14(16)18-6-3/h4,7-10H,5-6H2,1-3H3. The lowest BCUT2D eigenvalue weighted by atomic mass is 10.2. The lowest BCUT2D eigenvalue weighted by molar-refractivity contribution is 0.0522. The monoisotopic (exact) mass is 278 g/mol. The first-order chi connectivity index (χ1) is 9.62. The van der Waals surface area contributed by atoms with Gasteiger partial charge in [0.05, 0.1) is 6.61 Å². The van der Waals surface area contributed by atoms with Crippen LogP contribution in [-0.2, 0) is 9.47 Å². The van der Waals surface area contributed by atoms with Gasteiger partial charge in [-0.15, -0.1) is 0 Å². The zero-order valence-corrected chi connectivity index (χ0v) is 11.8. The minimum atomic E-state index is -0.878. The number of esters is 1. The number of benzene rings is 1. The summed E-state index contributed by atoms with van der Waals surface area (Å²) >= 11 is 0. The molecule has 5 nitrogen and oxygen atoms in total. The molecule has 20 heavy (non-hydrogen) atoms. The maximum atomic E-state index is 11.7. The Morgan fingerprint density at radius 2 is 1.90 bits per heavy atom. The Labute approximate surface area is 118 Å². The molecule has 0 atom stereocenters. The Morgan fingerprint density at radius 3 is 2.50 bits per heavy atom. The zero-order chi connectivity index (χ0) is 15.0. The number of carbonyl (C=O) groups excluding carboxylic acids is 2. The third-order valence-corrected chi connectivity index (χ3v) is 2.46. The van der Waals surface area contributed by atoms with Crippen LogP contribution in [0.4, 0.5) is 4.79 Å². The minimum absolute atomic E-state index is 0.113. The Hall–Kier alpha value is -2.30. The van der Waals surface area contributed by atoms with Crippen molar-refractivity contribution in [3.8, 4) is 5.75 Å². The van der Waals surface area contributed by atoms with Gasteiger partial charge in [0, 0.05) is 6.42 Å². The molecule has 1 aromatic rings. The van der Waals surface area contributed by atoms with Gasteiger partial charge in [-0.1, -0.05) is 19.1 Å². The highest BCUT2D eigenvalue weighted by Gasteiger charge is 2.17. The van der Waals surface area contributed by atoms with Crippen LogP contribution in [0.15, 0.2) is 36.1 Å². The number of rotatable bonds is 5. The number of allylic oxidation sites excluding steroid dienone is 2. The molecule has 0 spiro atoms. The molecule has 0 aromatic heterocycles. The molecule has 0 amide bonds. The van der Waals surface area contributed by atoms with Crippen LogP contribution >= 0.6 is 0 Å². The summed E-state index contributed by atoms with van der Waals surface area (Å²) in [6, 6.07) is 6.35. The molecule has 0 N–H and O–H groups in total. The molecule has 0 saturated carbocycles. The largest absolute Gasteiger partial charge is 0.519 e. The van der Waals surface area contributed by atoms with Crippen molar-refractivity contribution in [1.29, 1.82) is 0 Å². The average molecular weight is 278 g/mol. The molecule has 0 aliphatic rings. The van der Waals surface area contributed by atoms with E-state index >= 15 is 0 Å². The first-order valence-corrected chi connectivity index (χ1v) is 6.43. The van der Waals surface area contributed by atoms with Gasteiger partial charge in [-0.2, -0.15) is 0 Å². The molecule has 108 valence electrons. The summed E-state index contributed by atoms with van der Waals surface area (Å²) in [4.78, 5) is 23.4. The molecule has 0 unspecified atom stereocenters. The van der Waals surface area contributed by atoms with Crippen LogP contribution in [0.2, 0.25) is 0 Å². The number of ether oxygens (including phenoxy) is 3. The molecular weight excluding hydrogens is 260 g/mol. The van der Waals surface area contributed by atoms with E-state index in [1.54, 1.807) is 32.1 Å². The van der Waals surface area contributed by atoms with Crippen LogP contribution in [0.5, 0.6) is 5.75 Å². The van der Waals surface area contributed by atoms with Crippen molar-refractivity contribution < 1.29 is 23.8 Å². The third-order valence-electron chi connectivity index (χ3n) is 2.46. The summed E-state index contributed by atoms with van der Waals surface area (Å²) in [6.07, 6.45) is 1.38. The van der Waals surface area contributed by atoms with Crippen molar-refractivity contribution in [3.05, 3.63) is 41.7 Å². The summed E-state index contributed by atoms with van der Waals surface area (Å²) in [5.41, 5.74) is 0.185. The topological polar surface area (TPSA) is 61.8 Å². The van der Waals surface area contributed by atoms with Gasteiger partial charge in [0.25, 0.3) is 0 Å². The van der Waals surface area contributed by atoms with E-state index in [9.17, 15) is 9.59 Å². The molecule has 0 aliphatic carbocycles. The Kier molecular flexibility index (Phi) is 6.29. The predicted octanol–water partition coefficient (Wildman–Crippen LogP) is 3.69. The average Bonchev–Trinajstić information content (AvgIpc) is 2.45. The summed E-state index contributed by atoms with van der Waals surface area (Å²) < 4.78 is 14.9. The predicted molar refractivity (Wildman–Crippen MR) is 73.6 cm³/mol. The molecule has 0 heterocycles. The van der Waals surface area contributed by atoms with Crippen molar-refractivity contribution in [3.63, 3.8) is 0 Å². The van der Waals surface area contributed by atoms with Gasteiger partial charge in [-0.3, -0.25) is 0 Å². The molecule has 0 bridgehead atoms. The summed E-state index contributed by atoms with van der Waals surface area (Å²) in [5, 5.41) is 0. The molecule has 1 rings (SSSR count). The zero-order valence-electron chi connectivity index (χ0n) is 11.8. The van der Waals surface area contributed by atoms with Crippen LogP contribution in [0.3, 0.4) is 0 Å². The molecular formula is C15H18O5.